The number of hydrogen-bond donors (Lipinski definition) is 2. The van der Waals surface area contributed by atoms with Crippen LogP contribution < -0.4 is 11.5 Å². The van der Waals surface area contributed by atoms with Gasteiger partial charge in [-0.05, 0) is 11.0 Å². The molecule has 0 saturated heterocycles. The van der Waals surface area contributed by atoms with Crippen LogP contribution in [0.5, 0.6) is 0 Å². The maximum Gasteiger partial charge on any atom is 0.315 e. The van der Waals surface area contributed by atoms with E-state index < -0.39 is 29.3 Å². The third-order valence-corrected chi connectivity index (χ3v) is 4.79. The lowest BCUT2D eigenvalue weighted by atomic mass is 9.81. The van der Waals surface area contributed by atoms with Crippen LogP contribution in [-0.2, 0) is 6.54 Å². The second-order valence-electron chi connectivity index (χ2n) is 7.61. The van der Waals surface area contributed by atoms with Crippen molar-refractivity contribution >= 4 is 11.9 Å². The predicted octanol–water partition coefficient (Wildman–Crippen LogP) is 2.87. The summed E-state index contributed by atoms with van der Waals surface area (Å²) in [5.41, 5.74) is 12.0. The number of carbonyl (C=O) groups is 2. The maximum atomic E-state index is 15.3. The second kappa shape index (κ2) is 6.16. The molecular formula is C19H23FN4O2. The molecule has 1 aromatic carbocycles. The highest BCUT2D eigenvalue weighted by Gasteiger charge is 2.43. The van der Waals surface area contributed by atoms with E-state index in [1.807, 2.05) is 26.8 Å². The summed E-state index contributed by atoms with van der Waals surface area (Å²) < 4.78 is 16.8. The van der Waals surface area contributed by atoms with Crippen molar-refractivity contribution in [2.24, 2.45) is 16.9 Å². The summed E-state index contributed by atoms with van der Waals surface area (Å²) in [6.45, 7) is 6.23. The van der Waals surface area contributed by atoms with Crippen LogP contribution >= 0.6 is 0 Å². The average Bonchev–Trinajstić information content (AvgIpc) is 2.87. The van der Waals surface area contributed by atoms with Gasteiger partial charge in [0.15, 0.2) is 0 Å². The van der Waals surface area contributed by atoms with Gasteiger partial charge in [-0.1, -0.05) is 51.1 Å². The van der Waals surface area contributed by atoms with Gasteiger partial charge in [-0.25, -0.2) is 4.79 Å². The van der Waals surface area contributed by atoms with E-state index in [1.54, 1.807) is 24.3 Å². The van der Waals surface area contributed by atoms with Gasteiger partial charge in [0.1, 0.15) is 0 Å². The summed E-state index contributed by atoms with van der Waals surface area (Å²) in [6.07, 6.45) is 0. The maximum absolute atomic E-state index is 15.3. The number of amides is 3. The van der Waals surface area contributed by atoms with Crippen molar-refractivity contribution in [3.63, 3.8) is 0 Å². The lowest BCUT2D eigenvalue weighted by Gasteiger charge is -2.43. The van der Waals surface area contributed by atoms with Crippen molar-refractivity contribution in [3.8, 4) is 11.1 Å². The molecule has 2 heterocycles. The second-order valence-corrected chi connectivity index (χ2v) is 7.61. The number of nitrogens with zero attached hydrogens (tertiary/aromatic N) is 2. The van der Waals surface area contributed by atoms with Gasteiger partial charge in [-0.3, -0.25) is 4.79 Å². The number of hydrogen-bond acceptors (Lipinski definition) is 2. The van der Waals surface area contributed by atoms with E-state index in [4.69, 9.17) is 11.5 Å². The number of benzene rings is 1. The Morgan fingerprint density at radius 1 is 1.12 bits per heavy atom. The van der Waals surface area contributed by atoms with Crippen LogP contribution in [0.2, 0.25) is 0 Å². The first-order chi connectivity index (χ1) is 12.1. The number of nitrogens with two attached hydrogens (primary N) is 2. The standard InChI is InChI=1S/C19H23FN4O2/c1-19(2,3)15-14-13(17(21)25)12(11-7-5-4-6-8-11)16(20)23(14)9-10-24(15)18(22)26/h4-8,15H,9-10H2,1-3H3,(H2,21,25)(H2,22,26). The SMILES string of the molecule is CC(C)(C)C1c2c(C(N)=O)c(-c3ccccc3)c(F)n2CCN1C(N)=O. The summed E-state index contributed by atoms with van der Waals surface area (Å²) in [5.74, 6) is -1.24. The van der Waals surface area contributed by atoms with Crippen LogP contribution in [0.1, 0.15) is 42.9 Å². The molecule has 1 aliphatic rings. The molecule has 7 heteroatoms. The molecule has 138 valence electrons. The van der Waals surface area contributed by atoms with Crippen LogP contribution in [0.4, 0.5) is 9.18 Å². The molecule has 0 radical (unpaired) electrons. The van der Waals surface area contributed by atoms with E-state index in [9.17, 15) is 9.59 Å². The fourth-order valence-corrected chi connectivity index (χ4v) is 3.83. The van der Waals surface area contributed by atoms with Gasteiger partial charge in [-0.2, -0.15) is 4.39 Å². The van der Waals surface area contributed by atoms with Gasteiger partial charge in [0.05, 0.1) is 17.3 Å². The van der Waals surface area contributed by atoms with E-state index in [1.165, 1.54) is 9.47 Å². The Morgan fingerprint density at radius 3 is 2.23 bits per heavy atom. The normalized spacial score (nSPS) is 17.1. The van der Waals surface area contributed by atoms with Crippen LogP contribution in [0.15, 0.2) is 30.3 Å². The molecule has 0 spiro atoms. The first-order valence-electron chi connectivity index (χ1n) is 8.47. The number of urea groups is 1. The largest absolute Gasteiger partial charge is 0.366 e. The van der Waals surface area contributed by atoms with Crippen LogP contribution in [0.25, 0.3) is 11.1 Å². The molecule has 26 heavy (non-hydrogen) atoms. The Hall–Kier alpha value is -2.83. The third-order valence-electron chi connectivity index (χ3n) is 4.79. The van der Waals surface area contributed by atoms with Gasteiger partial charge in [-0.15, -0.1) is 0 Å². The van der Waals surface area contributed by atoms with E-state index in [0.717, 1.165) is 0 Å². The molecule has 2 aromatic rings. The molecule has 1 aromatic heterocycles. The third kappa shape index (κ3) is 2.73. The van der Waals surface area contributed by atoms with Crippen molar-refractivity contribution in [2.75, 3.05) is 6.54 Å². The highest BCUT2D eigenvalue weighted by Crippen LogP contribution is 2.45. The first kappa shape index (κ1) is 18.0. The predicted molar refractivity (Wildman–Crippen MR) is 96.8 cm³/mol. The Labute approximate surface area is 151 Å². The zero-order valence-electron chi connectivity index (χ0n) is 15.1. The summed E-state index contributed by atoms with van der Waals surface area (Å²) in [4.78, 5) is 25.8. The number of fused-ring (bicyclic) bond motifs is 1. The van der Waals surface area contributed by atoms with Crippen LogP contribution in [0, 0.1) is 11.4 Å². The number of primary amides is 2. The molecule has 0 aliphatic carbocycles. The zero-order chi connectivity index (χ0) is 19.2. The summed E-state index contributed by atoms with van der Waals surface area (Å²) >= 11 is 0. The fourth-order valence-electron chi connectivity index (χ4n) is 3.83. The van der Waals surface area contributed by atoms with Crippen LogP contribution in [0.3, 0.4) is 0 Å². The quantitative estimate of drug-likeness (QED) is 0.863. The number of rotatable bonds is 2. The molecule has 1 unspecified atom stereocenters. The summed E-state index contributed by atoms with van der Waals surface area (Å²) in [5, 5.41) is 0. The number of aromatic nitrogens is 1. The Balaban J connectivity index is 2.36. The minimum absolute atomic E-state index is 0.111. The molecule has 3 rings (SSSR count). The van der Waals surface area contributed by atoms with Crippen molar-refractivity contribution < 1.29 is 14.0 Å². The molecular weight excluding hydrogens is 335 g/mol. The van der Waals surface area contributed by atoms with Crippen molar-refractivity contribution in [3.05, 3.63) is 47.5 Å². The van der Waals surface area contributed by atoms with E-state index in [0.29, 0.717) is 11.3 Å². The lowest BCUT2D eigenvalue weighted by Crippen LogP contribution is -2.49. The van der Waals surface area contributed by atoms with E-state index >= 15 is 4.39 Å². The zero-order valence-corrected chi connectivity index (χ0v) is 15.1. The molecule has 0 bridgehead atoms. The Morgan fingerprint density at radius 2 is 1.73 bits per heavy atom. The Bertz CT molecular complexity index is 868. The van der Waals surface area contributed by atoms with Gasteiger partial charge in [0.25, 0.3) is 5.91 Å². The average molecular weight is 358 g/mol. The smallest absolute Gasteiger partial charge is 0.315 e. The van der Waals surface area contributed by atoms with Crippen LogP contribution in [-0.4, -0.2) is 28.0 Å². The van der Waals surface area contributed by atoms with E-state index in [-0.39, 0.29) is 24.2 Å². The minimum Gasteiger partial charge on any atom is -0.366 e. The minimum atomic E-state index is -0.725. The molecule has 0 fully saturated rings. The van der Waals surface area contributed by atoms with Crippen molar-refractivity contribution in [2.45, 2.75) is 33.4 Å². The van der Waals surface area contributed by atoms with Gasteiger partial charge in [0.2, 0.25) is 5.95 Å². The number of halogens is 1. The Kier molecular flexibility index (Phi) is 4.26. The summed E-state index contributed by atoms with van der Waals surface area (Å²) in [7, 11) is 0. The molecule has 0 saturated carbocycles. The fraction of sp³-hybridized carbons (Fsp3) is 0.368. The number of carbonyl (C=O) groups excluding carboxylic acids is 2. The lowest BCUT2D eigenvalue weighted by molar-refractivity contribution is 0.0901. The van der Waals surface area contributed by atoms with Gasteiger partial charge in [0, 0.05) is 18.7 Å². The summed E-state index contributed by atoms with van der Waals surface area (Å²) in [6, 6.07) is 7.65. The first-order valence-corrected chi connectivity index (χ1v) is 8.47. The monoisotopic (exact) mass is 358 g/mol. The molecule has 3 amide bonds. The van der Waals surface area contributed by atoms with E-state index in [2.05, 4.69) is 0 Å². The molecule has 6 nitrogen and oxygen atoms in total. The van der Waals surface area contributed by atoms with Crippen molar-refractivity contribution in [1.82, 2.24) is 9.47 Å². The molecule has 1 aliphatic heterocycles. The van der Waals surface area contributed by atoms with Gasteiger partial charge < -0.3 is 20.9 Å². The highest BCUT2D eigenvalue weighted by molar-refractivity contribution is 6.02. The van der Waals surface area contributed by atoms with Crippen molar-refractivity contribution in [1.29, 1.82) is 0 Å². The molecule has 1 atom stereocenters. The highest BCUT2D eigenvalue weighted by atomic mass is 19.1. The topological polar surface area (TPSA) is 94.3 Å². The molecule has 4 N–H and O–H groups in total. The van der Waals surface area contributed by atoms with Gasteiger partial charge >= 0.3 is 6.03 Å².